The summed E-state index contributed by atoms with van der Waals surface area (Å²) in [6.07, 6.45) is 1.07. The average Bonchev–Trinajstić information content (AvgIpc) is 3.30. The summed E-state index contributed by atoms with van der Waals surface area (Å²) in [5, 5.41) is 24.4. The van der Waals surface area contributed by atoms with E-state index in [1.54, 1.807) is 6.20 Å². The minimum atomic E-state index is -1.40. The van der Waals surface area contributed by atoms with Crippen LogP contribution in [0.1, 0.15) is 53.0 Å². The molecule has 0 aliphatic carbocycles. The monoisotopic (exact) mass is 570 g/mol. The van der Waals surface area contributed by atoms with Gasteiger partial charge < -0.3 is 36.7 Å². The molecule has 3 rings (SSSR count). The predicted molar refractivity (Wildman–Crippen MR) is 153 cm³/mol. The third-order valence-electron chi connectivity index (χ3n) is 6.92. The first kappa shape index (κ1) is 31.6. The maximum Gasteiger partial charge on any atom is 0.245 e. The van der Waals surface area contributed by atoms with E-state index in [-0.39, 0.29) is 24.7 Å². The van der Waals surface area contributed by atoms with Gasteiger partial charge in [0.25, 0.3) is 0 Å². The molecule has 1 aromatic heterocycles. The van der Waals surface area contributed by atoms with Crippen LogP contribution in [-0.4, -0.2) is 76.4 Å². The van der Waals surface area contributed by atoms with Crippen molar-refractivity contribution in [1.82, 2.24) is 31.6 Å². The number of carbonyl (C=O) groups excluding carboxylic acids is 5. The fourth-order valence-electron chi connectivity index (χ4n) is 4.86. The van der Waals surface area contributed by atoms with Gasteiger partial charge in [0.15, 0.2) is 0 Å². The molecule has 0 radical (unpaired) electrons. The molecule has 2 aromatic rings. The van der Waals surface area contributed by atoms with E-state index in [1.165, 1.54) is 6.92 Å². The van der Waals surface area contributed by atoms with Crippen molar-refractivity contribution in [2.75, 3.05) is 6.54 Å². The molecule has 7 N–H and O–H groups in total. The van der Waals surface area contributed by atoms with Crippen molar-refractivity contribution in [2.24, 2.45) is 11.8 Å². The first-order valence-electron chi connectivity index (χ1n) is 14.1. The molecule has 0 bridgehead atoms. The highest BCUT2D eigenvalue weighted by atomic mass is 16.3. The summed E-state index contributed by atoms with van der Waals surface area (Å²) >= 11 is 0. The number of para-hydroxylation sites is 1. The van der Waals surface area contributed by atoms with Gasteiger partial charge in [0.05, 0.1) is 12.6 Å². The second kappa shape index (κ2) is 14.1. The summed E-state index contributed by atoms with van der Waals surface area (Å²) in [6.45, 7) is 8.49. The molecule has 12 nitrogen and oxygen atoms in total. The van der Waals surface area contributed by atoms with Crippen molar-refractivity contribution in [3.8, 4) is 0 Å². The normalized spacial score (nSPS) is 24.1. The lowest BCUT2D eigenvalue weighted by atomic mass is 10.00. The van der Waals surface area contributed by atoms with Crippen LogP contribution in [0, 0.1) is 11.8 Å². The number of aromatic amines is 1. The average molecular weight is 571 g/mol. The Labute approximate surface area is 239 Å². The molecular formula is C29H42N6O6. The Morgan fingerprint density at radius 1 is 0.756 bits per heavy atom. The van der Waals surface area contributed by atoms with Crippen molar-refractivity contribution in [1.29, 1.82) is 0 Å². The highest BCUT2D eigenvalue weighted by Gasteiger charge is 2.34. The van der Waals surface area contributed by atoms with Crippen LogP contribution in [0.15, 0.2) is 30.5 Å². The number of fused-ring (bicyclic) bond motifs is 1. The fourth-order valence-corrected chi connectivity index (χ4v) is 4.86. The Kier molecular flexibility index (Phi) is 10.9. The number of H-pyrrole nitrogens is 1. The topological polar surface area (TPSA) is 182 Å². The van der Waals surface area contributed by atoms with E-state index in [0.717, 1.165) is 16.5 Å². The van der Waals surface area contributed by atoms with E-state index in [2.05, 4.69) is 31.6 Å². The number of aromatic nitrogens is 1. The van der Waals surface area contributed by atoms with Crippen LogP contribution in [0.2, 0.25) is 0 Å². The van der Waals surface area contributed by atoms with Crippen LogP contribution in [-0.2, 0) is 30.4 Å². The van der Waals surface area contributed by atoms with Crippen LogP contribution in [0.25, 0.3) is 10.9 Å². The van der Waals surface area contributed by atoms with E-state index >= 15 is 0 Å². The third-order valence-corrected chi connectivity index (χ3v) is 6.92. The van der Waals surface area contributed by atoms with Crippen LogP contribution >= 0.6 is 0 Å². The zero-order valence-electron chi connectivity index (χ0n) is 24.2. The van der Waals surface area contributed by atoms with E-state index in [1.807, 2.05) is 52.0 Å². The molecule has 1 aromatic carbocycles. The maximum absolute atomic E-state index is 13.6. The Morgan fingerprint density at radius 3 is 1.98 bits per heavy atom. The molecular weight excluding hydrogens is 528 g/mol. The molecule has 1 saturated heterocycles. The number of aliphatic hydroxyl groups excluding tert-OH is 1. The highest BCUT2D eigenvalue weighted by molar-refractivity contribution is 5.97. The maximum atomic E-state index is 13.6. The number of hydrogen-bond acceptors (Lipinski definition) is 6. The van der Waals surface area contributed by atoms with E-state index in [4.69, 9.17) is 0 Å². The first-order valence-corrected chi connectivity index (χ1v) is 14.1. The van der Waals surface area contributed by atoms with Crippen LogP contribution in [0.4, 0.5) is 0 Å². The van der Waals surface area contributed by atoms with Crippen molar-refractivity contribution in [3.05, 3.63) is 36.0 Å². The standard InChI is InChI=1S/C29H42N6O6/c1-15(2)10-21-26(38)31-14-24(37)32-22(11-16(3)4)27(39)33-23(28(40)35-25(17(5)36)29(41)34-21)12-18-13-30-20-9-7-6-8-19(18)20/h6-9,13,15-17,21-23,25,30,36H,10-12,14H2,1-5H3,(H,31,38)(H,32,37)(H,33,39)(H,34,41)(H,35,40)/t17-,21+,22+,23+,25+/m1/s1. The Balaban J connectivity index is 2.00. The lowest BCUT2D eigenvalue weighted by Crippen LogP contribution is -2.60. The van der Waals surface area contributed by atoms with Gasteiger partial charge in [-0.25, -0.2) is 0 Å². The van der Waals surface area contributed by atoms with Crippen LogP contribution < -0.4 is 26.6 Å². The number of rotatable bonds is 7. The Morgan fingerprint density at radius 2 is 1.34 bits per heavy atom. The molecule has 41 heavy (non-hydrogen) atoms. The van der Waals surface area contributed by atoms with Gasteiger partial charge in [0, 0.05) is 23.5 Å². The molecule has 0 unspecified atom stereocenters. The molecule has 12 heteroatoms. The fraction of sp³-hybridized carbons (Fsp3) is 0.552. The summed E-state index contributed by atoms with van der Waals surface area (Å²) < 4.78 is 0. The molecule has 0 spiro atoms. The van der Waals surface area contributed by atoms with Crippen molar-refractivity contribution >= 4 is 40.4 Å². The smallest absolute Gasteiger partial charge is 0.245 e. The molecule has 1 fully saturated rings. The largest absolute Gasteiger partial charge is 0.391 e. The minimum absolute atomic E-state index is 0.0133. The number of amides is 5. The predicted octanol–water partition coefficient (Wildman–Crippen LogP) is 0.252. The van der Waals surface area contributed by atoms with Gasteiger partial charge in [-0.2, -0.15) is 0 Å². The SMILES string of the molecule is CC(C)C[C@@H]1NC(=O)CNC(=O)[C@H](CC(C)C)NC(=O)[C@H]([C@@H](C)O)NC(=O)[C@H](Cc2c[nH]c3ccccc23)NC1=O. The van der Waals surface area contributed by atoms with Gasteiger partial charge in [0.2, 0.25) is 29.5 Å². The Hall–Kier alpha value is -3.93. The van der Waals surface area contributed by atoms with Crippen molar-refractivity contribution in [2.45, 2.75) is 84.2 Å². The number of aliphatic hydroxyl groups is 1. The Bertz CT molecular complexity index is 1260. The van der Waals surface area contributed by atoms with Gasteiger partial charge in [-0.05, 0) is 43.2 Å². The van der Waals surface area contributed by atoms with Crippen LogP contribution in [0.5, 0.6) is 0 Å². The van der Waals surface area contributed by atoms with Crippen LogP contribution in [0.3, 0.4) is 0 Å². The highest BCUT2D eigenvalue weighted by Crippen LogP contribution is 2.20. The second-order valence-corrected chi connectivity index (χ2v) is 11.5. The second-order valence-electron chi connectivity index (χ2n) is 11.5. The summed E-state index contributed by atoms with van der Waals surface area (Å²) in [5.41, 5.74) is 1.61. The lowest BCUT2D eigenvalue weighted by Gasteiger charge is -2.27. The van der Waals surface area contributed by atoms with E-state index in [0.29, 0.717) is 6.42 Å². The molecule has 5 amide bonds. The number of nitrogens with one attached hydrogen (secondary N) is 6. The zero-order chi connectivity index (χ0) is 30.3. The summed E-state index contributed by atoms with van der Waals surface area (Å²) in [5.74, 6) is -3.16. The van der Waals surface area contributed by atoms with Gasteiger partial charge in [-0.15, -0.1) is 0 Å². The van der Waals surface area contributed by atoms with Gasteiger partial charge >= 0.3 is 0 Å². The summed E-state index contributed by atoms with van der Waals surface area (Å²) in [6, 6.07) is 2.99. The molecule has 224 valence electrons. The summed E-state index contributed by atoms with van der Waals surface area (Å²) in [4.78, 5) is 69.2. The zero-order valence-corrected chi connectivity index (χ0v) is 24.2. The van der Waals surface area contributed by atoms with Crippen molar-refractivity contribution < 1.29 is 29.1 Å². The van der Waals surface area contributed by atoms with E-state index < -0.39 is 66.4 Å². The lowest BCUT2D eigenvalue weighted by molar-refractivity contribution is -0.136. The minimum Gasteiger partial charge on any atom is -0.391 e. The number of hydrogen-bond donors (Lipinski definition) is 7. The van der Waals surface area contributed by atoms with Gasteiger partial charge in [0.1, 0.15) is 24.2 Å². The molecule has 5 atom stereocenters. The molecule has 1 aliphatic heterocycles. The number of benzene rings is 1. The van der Waals surface area contributed by atoms with Gasteiger partial charge in [-0.3, -0.25) is 24.0 Å². The quantitative estimate of drug-likeness (QED) is 0.251. The van der Waals surface area contributed by atoms with Crippen molar-refractivity contribution in [3.63, 3.8) is 0 Å². The first-order chi connectivity index (χ1) is 19.3. The molecule has 0 saturated carbocycles. The molecule has 1 aliphatic rings. The molecule has 2 heterocycles. The van der Waals surface area contributed by atoms with Gasteiger partial charge in [-0.1, -0.05) is 45.9 Å². The number of carbonyl (C=O) groups is 5. The third kappa shape index (κ3) is 8.78. The van der Waals surface area contributed by atoms with E-state index in [9.17, 15) is 29.1 Å². The summed E-state index contributed by atoms with van der Waals surface area (Å²) in [7, 11) is 0.